The van der Waals surface area contributed by atoms with E-state index in [9.17, 15) is 0 Å². The Morgan fingerprint density at radius 3 is 2.78 bits per heavy atom. The van der Waals surface area contributed by atoms with Crippen molar-refractivity contribution >= 4 is 34.6 Å². The van der Waals surface area contributed by atoms with Gasteiger partial charge in [-0.25, -0.2) is 0 Å². The van der Waals surface area contributed by atoms with Gasteiger partial charge in [-0.1, -0.05) is 22.7 Å². The summed E-state index contributed by atoms with van der Waals surface area (Å²) < 4.78 is 3.84. The number of hydrogen-bond donors (Lipinski definition) is 2. The number of nitrogens with zero attached hydrogens (tertiary/aromatic N) is 2. The van der Waals surface area contributed by atoms with E-state index >= 15 is 0 Å². The van der Waals surface area contributed by atoms with Crippen molar-refractivity contribution in [2.75, 3.05) is 11.9 Å². The van der Waals surface area contributed by atoms with Gasteiger partial charge >= 0.3 is 0 Å². The summed E-state index contributed by atoms with van der Waals surface area (Å²) >= 11 is 6.50. The fourth-order valence-corrected chi connectivity index (χ4v) is 2.07. The second-order valence-electron chi connectivity index (χ2n) is 3.48. The molecule has 0 aliphatic rings. The molecule has 0 aliphatic heterocycles. The van der Waals surface area contributed by atoms with E-state index in [2.05, 4.69) is 26.8 Å². The molecule has 0 atom stereocenters. The fourth-order valence-electron chi connectivity index (χ4n) is 1.35. The zero-order valence-corrected chi connectivity index (χ0v) is 11.2. The van der Waals surface area contributed by atoms with Gasteiger partial charge in [-0.05, 0) is 41.4 Å². The molecule has 2 aromatic rings. The van der Waals surface area contributed by atoms with Gasteiger partial charge in [-0.15, -0.1) is 11.7 Å². The SMILES string of the molecule is C=CCNC(=S)Nc1ccc(-c2cnns2)cc1. The molecule has 0 radical (unpaired) electrons. The fraction of sp³-hybridized carbons (Fsp3) is 0.0833. The summed E-state index contributed by atoms with van der Waals surface area (Å²) in [5, 5.41) is 10.5. The second-order valence-corrected chi connectivity index (χ2v) is 4.68. The number of nitrogens with one attached hydrogen (secondary N) is 2. The third-order valence-electron chi connectivity index (χ3n) is 2.20. The highest BCUT2D eigenvalue weighted by Gasteiger charge is 2.01. The van der Waals surface area contributed by atoms with Crippen LogP contribution >= 0.6 is 23.8 Å². The second kappa shape index (κ2) is 6.23. The smallest absolute Gasteiger partial charge is 0.171 e. The van der Waals surface area contributed by atoms with Crippen LogP contribution in [0.25, 0.3) is 10.4 Å². The number of hydrogen-bond acceptors (Lipinski definition) is 4. The van der Waals surface area contributed by atoms with Crippen molar-refractivity contribution in [2.24, 2.45) is 0 Å². The standard InChI is InChI=1S/C12H12N4S2/c1-2-7-13-12(17)15-10-5-3-9(4-6-10)11-8-14-16-18-11/h2-6,8H,1,7H2,(H2,13,15,17). The van der Waals surface area contributed by atoms with Gasteiger partial charge in [0, 0.05) is 12.2 Å². The van der Waals surface area contributed by atoms with Crippen LogP contribution in [0, 0.1) is 0 Å². The molecule has 92 valence electrons. The lowest BCUT2D eigenvalue weighted by molar-refractivity contribution is 1.06. The third-order valence-corrected chi connectivity index (χ3v) is 3.16. The van der Waals surface area contributed by atoms with Gasteiger partial charge in [0.15, 0.2) is 5.11 Å². The van der Waals surface area contributed by atoms with Crippen molar-refractivity contribution in [2.45, 2.75) is 0 Å². The van der Waals surface area contributed by atoms with Crippen LogP contribution in [0.4, 0.5) is 5.69 Å². The molecule has 0 bridgehead atoms. The van der Waals surface area contributed by atoms with E-state index in [1.165, 1.54) is 11.5 Å². The maximum Gasteiger partial charge on any atom is 0.171 e. The van der Waals surface area contributed by atoms with Crippen LogP contribution in [0.15, 0.2) is 43.1 Å². The van der Waals surface area contributed by atoms with Crippen molar-refractivity contribution in [3.63, 3.8) is 0 Å². The third kappa shape index (κ3) is 3.35. The van der Waals surface area contributed by atoms with Crippen molar-refractivity contribution in [3.05, 3.63) is 43.1 Å². The van der Waals surface area contributed by atoms with Crippen LogP contribution < -0.4 is 10.6 Å². The summed E-state index contributed by atoms with van der Waals surface area (Å²) in [5.41, 5.74) is 2.04. The van der Waals surface area contributed by atoms with E-state index in [1.54, 1.807) is 12.3 Å². The van der Waals surface area contributed by atoms with Crippen LogP contribution in [0.3, 0.4) is 0 Å². The number of rotatable bonds is 4. The van der Waals surface area contributed by atoms with E-state index in [0.29, 0.717) is 11.7 Å². The molecule has 1 aromatic heterocycles. The first-order valence-corrected chi connectivity index (χ1v) is 6.51. The van der Waals surface area contributed by atoms with Crippen molar-refractivity contribution in [1.82, 2.24) is 14.9 Å². The van der Waals surface area contributed by atoms with Gasteiger partial charge in [0.25, 0.3) is 0 Å². The minimum absolute atomic E-state index is 0.585. The summed E-state index contributed by atoms with van der Waals surface area (Å²) in [4.78, 5) is 1.05. The molecule has 6 heteroatoms. The van der Waals surface area contributed by atoms with Crippen LogP contribution in [0.2, 0.25) is 0 Å². The Labute approximate surface area is 115 Å². The van der Waals surface area contributed by atoms with Crippen LogP contribution in [-0.2, 0) is 0 Å². The highest BCUT2D eigenvalue weighted by atomic mass is 32.1. The molecule has 1 aromatic carbocycles. The first-order chi connectivity index (χ1) is 8.79. The molecule has 18 heavy (non-hydrogen) atoms. The Morgan fingerprint density at radius 2 is 2.17 bits per heavy atom. The Bertz CT molecular complexity index is 520. The maximum atomic E-state index is 5.13. The zero-order valence-electron chi connectivity index (χ0n) is 9.59. The van der Waals surface area contributed by atoms with Crippen molar-refractivity contribution in [1.29, 1.82) is 0 Å². The van der Waals surface area contributed by atoms with Gasteiger partial charge < -0.3 is 10.6 Å². The molecular formula is C12H12N4S2. The summed E-state index contributed by atoms with van der Waals surface area (Å²) in [6.07, 6.45) is 3.51. The number of thiocarbonyl (C=S) groups is 1. The molecule has 4 nitrogen and oxygen atoms in total. The van der Waals surface area contributed by atoms with E-state index in [-0.39, 0.29) is 0 Å². The molecule has 0 aliphatic carbocycles. The Kier molecular flexibility index (Phi) is 4.38. The largest absolute Gasteiger partial charge is 0.359 e. The molecule has 0 unspecified atom stereocenters. The first-order valence-electron chi connectivity index (χ1n) is 5.33. The van der Waals surface area contributed by atoms with E-state index in [1.807, 2.05) is 24.3 Å². The summed E-state index contributed by atoms with van der Waals surface area (Å²) in [6.45, 7) is 4.27. The minimum atomic E-state index is 0.585. The number of aromatic nitrogens is 2. The molecule has 0 saturated heterocycles. The number of benzene rings is 1. The molecule has 1 heterocycles. The minimum Gasteiger partial charge on any atom is -0.359 e. The van der Waals surface area contributed by atoms with Crippen LogP contribution in [0.5, 0.6) is 0 Å². The lowest BCUT2D eigenvalue weighted by Gasteiger charge is -2.09. The highest BCUT2D eigenvalue weighted by molar-refractivity contribution is 7.80. The van der Waals surface area contributed by atoms with Gasteiger partial charge in [-0.2, -0.15) is 0 Å². The summed E-state index contributed by atoms with van der Waals surface area (Å²) in [7, 11) is 0. The Hall–Kier alpha value is -1.79. The average molecular weight is 276 g/mol. The summed E-state index contributed by atoms with van der Waals surface area (Å²) in [6, 6.07) is 7.95. The average Bonchev–Trinajstić information content (AvgIpc) is 2.91. The predicted molar refractivity (Wildman–Crippen MR) is 79.8 cm³/mol. The topological polar surface area (TPSA) is 49.8 Å². The van der Waals surface area contributed by atoms with Gasteiger partial charge in [-0.3, -0.25) is 0 Å². The number of anilines is 1. The lowest BCUT2D eigenvalue weighted by Crippen LogP contribution is -2.28. The van der Waals surface area contributed by atoms with Gasteiger partial charge in [0.05, 0.1) is 11.1 Å². The molecule has 2 rings (SSSR count). The van der Waals surface area contributed by atoms with Crippen LogP contribution in [-0.4, -0.2) is 21.2 Å². The van der Waals surface area contributed by atoms with Gasteiger partial charge in [0.1, 0.15) is 0 Å². The quantitative estimate of drug-likeness (QED) is 0.664. The van der Waals surface area contributed by atoms with Crippen molar-refractivity contribution in [3.8, 4) is 10.4 Å². The molecule has 0 amide bonds. The molecular weight excluding hydrogens is 264 g/mol. The van der Waals surface area contributed by atoms with E-state index in [4.69, 9.17) is 12.2 Å². The summed E-state index contributed by atoms with van der Waals surface area (Å²) in [5.74, 6) is 0. The monoisotopic (exact) mass is 276 g/mol. The highest BCUT2D eigenvalue weighted by Crippen LogP contribution is 2.23. The normalized spacial score (nSPS) is 9.78. The van der Waals surface area contributed by atoms with Crippen molar-refractivity contribution < 1.29 is 0 Å². The molecule has 0 fully saturated rings. The lowest BCUT2D eigenvalue weighted by atomic mass is 10.2. The first kappa shape index (κ1) is 12.7. The zero-order chi connectivity index (χ0) is 12.8. The Morgan fingerprint density at radius 1 is 1.39 bits per heavy atom. The Balaban J connectivity index is 2.00. The predicted octanol–water partition coefficient (Wildman–Crippen LogP) is 2.68. The molecule has 0 spiro atoms. The molecule has 2 N–H and O–H groups in total. The maximum absolute atomic E-state index is 5.13. The van der Waals surface area contributed by atoms with Crippen LogP contribution in [0.1, 0.15) is 0 Å². The molecule has 0 saturated carbocycles. The van der Waals surface area contributed by atoms with E-state index in [0.717, 1.165) is 16.1 Å². The van der Waals surface area contributed by atoms with Gasteiger partial charge in [0.2, 0.25) is 0 Å². The van der Waals surface area contributed by atoms with E-state index < -0.39 is 0 Å².